The van der Waals surface area contributed by atoms with Crippen molar-refractivity contribution in [2.75, 3.05) is 7.05 Å². The molecule has 0 fully saturated rings. The highest BCUT2D eigenvalue weighted by atomic mass is 16.1. The minimum Gasteiger partial charge on any atom is -0.379 e. The Morgan fingerprint density at radius 1 is 1.67 bits per heavy atom. The molecule has 0 aliphatic carbocycles. The van der Waals surface area contributed by atoms with E-state index in [0.717, 1.165) is 0 Å². The Bertz CT molecular complexity index is 34.5. The van der Waals surface area contributed by atoms with Gasteiger partial charge in [0, 0.05) is 0 Å². The van der Waals surface area contributed by atoms with E-state index in [0.29, 0.717) is 0 Å². The quantitative estimate of drug-likeness (QED) is 0.345. The number of nitrogens with two attached hydrogens (primary N) is 2. The minimum atomic E-state index is -0.333. The highest BCUT2D eigenvalue weighted by Gasteiger charge is 1.63. The normalized spacial score (nSPS) is 5.00. The van der Waals surface area contributed by atoms with Gasteiger partial charge in [-0.3, -0.25) is 4.79 Å². The van der Waals surface area contributed by atoms with Crippen LogP contribution in [0.2, 0.25) is 0 Å². The maximum atomic E-state index is 9.22. The van der Waals surface area contributed by atoms with Gasteiger partial charge in [-0.25, -0.2) is 0 Å². The van der Waals surface area contributed by atoms with Crippen molar-refractivity contribution in [3.63, 3.8) is 0 Å². The molecule has 6 heavy (non-hydrogen) atoms. The van der Waals surface area contributed by atoms with Gasteiger partial charge in [-0.1, -0.05) is 0 Å². The number of rotatable bonds is 0. The van der Waals surface area contributed by atoms with Gasteiger partial charge >= 0.3 is 0 Å². The molecule has 0 unspecified atom stereocenters. The van der Waals surface area contributed by atoms with Crippen molar-refractivity contribution in [2.45, 2.75) is 0 Å². The molecule has 0 aromatic carbocycles. The number of hydrogen-bond donors (Lipinski definition) is 2. The summed E-state index contributed by atoms with van der Waals surface area (Å²) >= 11 is 0. The van der Waals surface area contributed by atoms with Crippen LogP contribution in [0.1, 0.15) is 0 Å². The zero-order chi connectivity index (χ0) is 5.58. The van der Waals surface area contributed by atoms with E-state index in [2.05, 4.69) is 11.5 Å². The summed E-state index contributed by atoms with van der Waals surface area (Å²) in [5, 5.41) is 0. The van der Waals surface area contributed by atoms with Crippen LogP contribution in [0.4, 0.5) is 4.79 Å². The van der Waals surface area contributed by atoms with Crippen molar-refractivity contribution in [1.82, 2.24) is 0 Å². The monoisotopic (exact) mass is 88.1 g/mol. The molecule has 4 N–H and O–H groups in total. The number of carbonyl (C=O) groups excluding carboxylic acids is 1. The van der Waals surface area contributed by atoms with Gasteiger partial charge in [0.1, 0.15) is 0 Å². The number of primary amides is 1. The van der Waals surface area contributed by atoms with Crippen molar-refractivity contribution in [3.8, 4) is 0 Å². The average molecular weight is 87.9 g/mol. The third-order valence-electron chi connectivity index (χ3n) is 0. The molecule has 4 heteroatoms. The second kappa shape index (κ2) is 8.82. The standard InChI is InChI=1S/CH4BNO.CH5N/c2-1(3)4;1-2/h2H2,(H2,3,4);2H2,1H3. The maximum absolute atomic E-state index is 9.22. The average Bonchev–Trinajstić information content (AvgIpc) is 1.41. The van der Waals surface area contributed by atoms with Crippen LogP contribution in [-0.4, -0.2) is 20.7 Å². The lowest BCUT2D eigenvalue weighted by atomic mass is 10.2. The van der Waals surface area contributed by atoms with E-state index in [9.17, 15) is 4.79 Å². The molecule has 0 aliphatic heterocycles. The molecule has 0 saturated carbocycles. The molecule has 0 rings (SSSR count). The van der Waals surface area contributed by atoms with E-state index in [4.69, 9.17) is 0 Å². The van der Waals surface area contributed by atoms with Gasteiger partial charge in [0.25, 0.3) is 0 Å². The molecule has 0 atom stereocenters. The zero-order valence-electron chi connectivity index (χ0n) is 4.06. The Kier molecular flexibility index (Phi) is 13.4. The SMILES string of the molecule is BC(N)=O.CN. The van der Waals surface area contributed by atoms with Crippen molar-refractivity contribution < 1.29 is 4.79 Å². The molecular formula is C2H9BN2O. The first-order chi connectivity index (χ1) is 2.73. The zero-order valence-corrected chi connectivity index (χ0v) is 4.06. The summed E-state index contributed by atoms with van der Waals surface area (Å²) in [6, 6.07) is 0. The van der Waals surface area contributed by atoms with Gasteiger partial charge in [-0.15, -0.1) is 0 Å². The third kappa shape index (κ3) is 85.3. The smallest absolute Gasteiger partial charge is 0.215 e. The number of carbonyl (C=O) groups is 1. The van der Waals surface area contributed by atoms with Crippen LogP contribution in [0, 0.1) is 0 Å². The van der Waals surface area contributed by atoms with E-state index >= 15 is 0 Å². The van der Waals surface area contributed by atoms with E-state index < -0.39 is 0 Å². The fourth-order valence-corrected chi connectivity index (χ4v) is 0. The summed E-state index contributed by atoms with van der Waals surface area (Å²) in [5.41, 5.74) is 8.97. The number of hydrogen-bond acceptors (Lipinski definition) is 2. The van der Waals surface area contributed by atoms with Crippen molar-refractivity contribution in [3.05, 3.63) is 0 Å². The Hall–Kier alpha value is -0.505. The first-order valence-corrected chi connectivity index (χ1v) is 1.57. The van der Waals surface area contributed by atoms with Crippen molar-refractivity contribution in [1.29, 1.82) is 0 Å². The largest absolute Gasteiger partial charge is 0.379 e. The lowest BCUT2D eigenvalue weighted by molar-refractivity contribution is 0.266. The molecule has 0 radical (unpaired) electrons. The number of amides is 1. The van der Waals surface area contributed by atoms with Crippen LogP contribution in [0.5, 0.6) is 0 Å². The fraction of sp³-hybridized carbons (Fsp3) is 0.500. The van der Waals surface area contributed by atoms with E-state index in [1.54, 1.807) is 0 Å². The predicted molar refractivity (Wildman–Crippen MR) is 28.2 cm³/mol. The molecule has 36 valence electrons. The molecule has 3 nitrogen and oxygen atoms in total. The van der Waals surface area contributed by atoms with Crippen LogP contribution in [0.3, 0.4) is 0 Å². The second-order valence-electron chi connectivity index (χ2n) is 0.611. The molecule has 0 heterocycles. The van der Waals surface area contributed by atoms with Crippen LogP contribution >= 0.6 is 0 Å². The lowest BCUT2D eigenvalue weighted by Gasteiger charge is -1.59. The summed E-state index contributed by atoms with van der Waals surface area (Å²) in [6.07, 6.45) is 0. The minimum absolute atomic E-state index is 0.333. The first kappa shape index (κ1) is 9.09. The van der Waals surface area contributed by atoms with Gasteiger partial charge in [-0.2, -0.15) is 0 Å². The molecular weight excluding hydrogens is 78.8 g/mol. The maximum Gasteiger partial charge on any atom is 0.215 e. The van der Waals surface area contributed by atoms with Gasteiger partial charge < -0.3 is 11.5 Å². The summed E-state index contributed by atoms with van der Waals surface area (Å²) in [6.45, 7) is 0. The highest BCUT2D eigenvalue weighted by Crippen LogP contribution is 1.33. The summed E-state index contributed by atoms with van der Waals surface area (Å²) < 4.78 is 0. The molecule has 0 saturated heterocycles. The Balaban J connectivity index is 0. The summed E-state index contributed by atoms with van der Waals surface area (Å²) in [5.74, 6) is -0.333. The Labute approximate surface area is 38.1 Å². The molecule has 0 aromatic rings. The van der Waals surface area contributed by atoms with Crippen molar-refractivity contribution >= 4 is 13.7 Å². The second-order valence-corrected chi connectivity index (χ2v) is 0.611. The van der Waals surface area contributed by atoms with Crippen LogP contribution in [-0.2, 0) is 0 Å². The van der Waals surface area contributed by atoms with E-state index in [1.165, 1.54) is 14.9 Å². The Morgan fingerprint density at radius 3 is 1.67 bits per heavy atom. The predicted octanol–water partition coefficient (Wildman–Crippen LogP) is -1.73. The van der Waals surface area contributed by atoms with Gasteiger partial charge in [0.15, 0.2) is 5.81 Å². The first-order valence-electron chi connectivity index (χ1n) is 1.57. The van der Waals surface area contributed by atoms with Crippen LogP contribution < -0.4 is 11.5 Å². The van der Waals surface area contributed by atoms with Crippen LogP contribution in [0.15, 0.2) is 0 Å². The molecule has 0 aliphatic rings. The van der Waals surface area contributed by atoms with E-state index in [1.807, 2.05) is 0 Å². The summed E-state index contributed by atoms with van der Waals surface area (Å²) in [7, 11) is 2.81. The molecule has 0 aromatic heterocycles. The highest BCUT2D eigenvalue weighted by molar-refractivity contribution is 6.56. The van der Waals surface area contributed by atoms with E-state index in [-0.39, 0.29) is 5.81 Å². The Morgan fingerprint density at radius 2 is 1.67 bits per heavy atom. The van der Waals surface area contributed by atoms with Gasteiger partial charge in [-0.05, 0) is 7.05 Å². The lowest BCUT2D eigenvalue weighted by Crippen LogP contribution is -2.05. The van der Waals surface area contributed by atoms with Gasteiger partial charge in [0.05, 0.1) is 0 Å². The molecule has 0 bridgehead atoms. The van der Waals surface area contributed by atoms with Crippen molar-refractivity contribution in [2.24, 2.45) is 11.5 Å². The van der Waals surface area contributed by atoms with Crippen LogP contribution in [0.25, 0.3) is 0 Å². The fourth-order valence-electron chi connectivity index (χ4n) is 0. The third-order valence-corrected chi connectivity index (χ3v) is 0. The molecule has 0 spiro atoms. The topological polar surface area (TPSA) is 69.1 Å². The summed E-state index contributed by atoms with van der Waals surface area (Å²) in [4.78, 5) is 9.22. The van der Waals surface area contributed by atoms with Gasteiger partial charge in [0.2, 0.25) is 7.85 Å². The molecule has 1 amide bonds.